The standard InChI is InChI=1S/C18H32O16/c19-1-5(23)16(34-18-15(30)13(28)10(25)7(3-21)32-18)11(26)8(4-22)33-17-14(29)12(27)9(24)6(2-20)31-17/h4-21,23-30H,1-3H2/t5-,6-,7-,8-,9-,10-,11-,12+,13+,14-,15-,16-,17+,18+/m1/s1. The lowest BCUT2D eigenvalue weighted by Crippen LogP contribution is -2.62. The maximum Gasteiger partial charge on any atom is 0.187 e. The molecule has 34 heavy (non-hydrogen) atoms. The molecule has 0 bridgehead atoms. The monoisotopic (exact) mass is 504 g/mol. The number of aliphatic hydroxyl groups excluding tert-OH is 11. The summed E-state index contributed by atoms with van der Waals surface area (Å²) in [6.45, 7) is -2.65. The highest BCUT2D eigenvalue weighted by Crippen LogP contribution is 2.27. The van der Waals surface area contributed by atoms with Gasteiger partial charge in [0.15, 0.2) is 18.9 Å². The zero-order valence-corrected chi connectivity index (χ0v) is 17.7. The molecule has 16 nitrogen and oxygen atoms in total. The summed E-state index contributed by atoms with van der Waals surface area (Å²) in [6, 6.07) is 0. The van der Waals surface area contributed by atoms with Gasteiger partial charge in [-0.3, -0.25) is 0 Å². The molecule has 0 aromatic heterocycles. The van der Waals surface area contributed by atoms with E-state index in [9.17, 15) is 61.0 Å². The third kappa shape index (κ3) is 6.25. The van der Waals surface area contributed by atoms with E-state index in [2.05, 4.69) is 0 Å². The average molecular weight is 504 g/mol. The summed E-state index contributed by atoms with van der Waals surface area (Å²) in [7, 11) is 0. The molecule has 0 unspecified atom stereocenters. The Bertz CT molecular complexity index is 621. The van der Waals surface area contributed by atoms with E-state index >= 15 is 0 Å². The fourth-order valence-electron chi connectivity index (χ4n) is 3.55. The summed E-state index contributed by atoms with van der Waals surface area (Å²) >= 11 is 0. The van der Waals surface area contributed by atoms with Crippen molar-refractivity contribution in [3.05, 3.63) is 0 Å². The van der Waals surface area contributed by atoms with E-state index in [1.54, 1.807) is 0 Å². The van der Waals surface area contributed by atoms with E-state index in [0.717, 1.165) is 0 Å². The van der Waals surface area contributed by atoms with E-state index in [1.807, 2.05) is 0 Å². The van der Waals surface area contributed by atoms with Crippen LogP contribution in [-0.4, -0.2) is 168 Å². The van der Waals surface area contributed by atoms with Gasteiger partial charge in [-0.25, -0.2) is 0 Å². The maximum absolute atomic E-state index is 11.6. The molecule has 0 aliphatic carbocycles. The van der Waals surface area contributed by atoms with Crippen molar-refractivity contribution in [3.63, 3.8) is 0 Å². The fraction of sp³-hybridized carbons (Fsp3) is 0.944. The highest BCUT2D eigenvalue weighted by atomic mass is 16.7. The largest absolute Gasteiger partial charge is 0.394 e. The first-order chi connectivity index (χ1) is 16.0. The zero-order valence-electron chi connectivity index (χ0n) is 17.7. The van der Waals surface area contributed by atoms with Crippen molar-refractivity contribution in [1.82, 2.24) is 0 Å². The zero-order chi connectivity index (χ0) is 25.7. The van der Waals surface area contributed by atoms with Gasteiger partial charge in [-0.15, -0.1) is 0 Å². The van der Waals surface area contributed by atoms with Crippen molar-refractivity contribution >= 4 is 6.29 Å². The molecule has 2 rings (SSSR count). The second kappa shape index (κ2) is 12.9. The van der Waals surface area contributed by atoms with Crippen LogP contribution in [0.2, 0.25) is 0 Å². The third-order valence-electron chi connectivity index (χ3n) is 5.65. The van der Waals surface area contributed by atoms with Gasteiger partial charge in [0.05, 0.1) is 19.8 Å². The quantitative estimate of drug-likeness (QED) is 0.117. The predicted octanol–water partition coefficient (Wildman–Crippen LogP) is -7.73. The van der Waals surface area contributed by atoms with Crippen LogP contribution >= 0.6 is 0 Å². The SMILES string of the molecule is O=C[C@@H](O[C@@H]1O[C@H](CO)[C@@H](O)[C@H](O)[C@H]1O)[C@@H](O)[C@H](O[C@@H]1O[C@H](CO)[C@@H](O)[C@H](O)[C@H]1O)[C@H](O)CO. The van der Waals surface area contributed by atoms with Crippen LogP contribution in [0.4, 0.5) is 0 Å². The van der Waals surface area contributed by atoms with Crippen LogP contribution in [0.5, 0.6) is 0 Å². The van der Waals surface area contributed by atoms with E-state index in [4.69, 9.17) is 18.9 Å². The van der Waals surface area contributed by atoms with Gasteiger partial charge in [-0.1, -0.05) is 0 Å². The first kappa shape index (κ1) is 29.3. The van der Waals surface area contributed by atoms with Gasteiger partial charge in [-0.05, 0) is 0 Å². The molecule has 0 saturated carbocycles. The highest BCUT2D eigenvalue weighted by Gasteiger charge is 2.49. The average Bonchev–Trinajstić information content (AvgIpc) is 2.84. The number of rotatable bonds is 11. The molecular weight excluding hydrogens is 472 g/mol. The highest BCUT2D eigenvalue weighted by molar-refractivity contribution is 5.57. The Morgan fingerprint density at radius 1 is 0.706 bits per heavy atom. The summed E-state index contributed by atoms with van der Waals surface area (Å²) in [5.41, 5.74) is 0. The Hall–Kier alpha value is -0.930. The smallest absolute Gasteiger partial charge is 0.187 e. The van der Waals surface area contributed by atoms with E-state index in [1.165, 1.54) is 0 Å². The predicted molar refractivity (Wildman–Crippen MR) is 102 cm³/mol. The van der Waals surface area contributed by atoms with Crippen LogP contribution in [0.1, 0.15) is 0 Å². The molecule has 200 valence electrons. The molecule has 2 saturated heterocycles. The molecule has 0 amide bonds. The molecule has 0 aromatic carbocycles. The van der Waals surface area contributed by atoms with Gasteiger partial charge in [0, 0.05) is 0 Å². The van der Waals surface area contributed by atoms with Crippen LogP contribution in [0.25, 0.3) is 0 Å². The molecule has 16 heteroatoms. The van der Waals surface area contributed by atoms with E-state index in [0.29, 0.717) is 0 Å². The summed E-state index contributed by atoms with van der Waals surface area (Å²) in [6.07, 6.45) is -25.6. The van der Waals surface area contributed by atoms with Crippen LogP contribution in [0, 0.1) is 0 Å². The lowest BCUT2D eigenvalue weighted by atomic mass is 9.98. The Labute approximate surface area is 192 Å². The van der Waals surface area contributed by atoms with Crippen molar-refractivity contribution in [2.24, 2.45) is 0 Å². The Balaban J connectivity index is 2.19. The number of hydrogen-bond acceptors (Lipinski definition) is 16. The third-order valence-corrected chi connectivity index (χ3v) is 5.65. The molecule has 14 atom stereocenters. The van der Waals surface area contributed by atoms with Gasteiger partial charge in [-0.2, -0.15) is 0 Å². The summed E-state index contributed by atoms with van der Waals surface area (Å²) in [4.78, 5) is 11.6. The molecule has 2 aliphatic rings. The molecular formula is C18H32O16. The molecule has 0 spiro atoms. The fourth-order valence-corrected chi connectivity index (χ4v) is 3.55. The Morgan fingerprint density at radius 2 is 1.15 bits per heavy atom. The first-order valence-corrected chi connectivity index (χ1v) is 10.4. The summed E-state index contributed by atoms with van der Waals surface area (Å²) in [5.74, 6) is 0. The normalized spacial score (nSPS) is 42.6. The molecule has 11 N–H and O–H groups in total. The topological polar surface area (TPSA) is 277 Å². The van der Waals surface area contributed by atoms with Gasteiger partial charge in [0.1, 0.15) is 73.2 Å². The number of aliphatic hydroxyl groups is 11. The van der Waals surface area contributed by atoms with Crippen molar-refractivity contribution in [2.75, 3.05) is 19.8 Å². The van der Waals surface area contributed by atoms with E-state index < -0.39 is 106 Å². The van der Waals surface area contributed by atoms with Crippen LogP contribution < -0.4 is 0 Å². The molecule has 2 heterocycles. The number of carbonyl (C=O) groups excluding carboxylic acids is 1. The summed E-state index contributed by atoms with van der Waals surface area (Å²) < 4.78 is 20.6. The lowest BCUT2D eigenvalue weighted by Gasteiger charge is -2.43. The van der Waals surface area contributed by atoms with Crippen molar-refractivity contribution < 1.29 is 79.9 Å². The van der Waals surface area contributed by atoms with Crippen LogP contribution in [-0.2, 0) is 23.7 Å². The van der Waals surface area contributed by atoms with Crippen molar-refractivity contribution in [2.45, 2.75) is 85.8 Å². The van der Waals surface area contributed by atoms with Gasteiger partial charge < -0.3 is 79.9 Å². The van der Waals surface area contributed by atoms with Crippen LogP contribution in [0.3, 0.4) is 0 Å². The molecule has 0 radical (unpaired) electrons. The number of hydrogen-bond donors (Lipinski definition) is 11. The molecule has 0 aromatic rings. The number of ether oxygens (including phenoxy) is 4. The van der Waals surface area contributed by atoms with Gasteiger partial charge in [0.2, 0.25) is 0 Å². The second-order valence-electron chi connectivity index (χ2n) is 7.97. The maximum atomic E-state index is 11.6. The Kier molecular flexibility index (Phi) is 11.1. The minimum absolute atomic E-state index is 0.000146. The Morgan fingerprint density at radius 3 is 1.53 bits per heavy atom. The van der Waals surface area contributed by atoms with E-state index in [-0.39, 0.29) is 6.29 Å². The van der Waals surface area contributed by atoms with Gasteiger partial charge in [0.25, 0.3) is 0 Å². The minimum atomic E-state index is -2.15. The molecule has 2 fully saturated rings. The van der Waals surface area contributed by atoms with Crippen molar-refractivity contribution in [1.29, 1.82) is 0 Å². The first-order valence-electron chi connectivity index (χ1n) is 10.4. The lowest BCUT2D eigenvalue weighted by molar-refractivity contribution is -0.336. The minimum Gasteiger partial charge on any atom is -0.394 e. The second-order valence-corrected chi connectivity index (χ2v) is 7.97. The molecule has 2 aliphatic heterocycles. The van der Waals surface area contributed by atoms with Gasteiger partial charge >= 0.3 is 0 Å². The summed E-state index contributed by atoms with van der Waals surface area (Å²) in [5, 5.41) is 108. The van der Waals surface area contributed by atoms with Crippen LogP contribution in [0.15, 0.2) is 0 Å². The number of carbonyl (C=O) groups is 1. The number of aldehydes is 1. The van der Waals surface area contributed by atoms with Crippen molar-refractivity contribution in [3.8, 4) is 0 Å².